The number of benzene rings is 1. The number of nitrogens with zero attached hydrogens (tertiary/aromatic N) is 1. The minimum absolute atomic E-state index is 0.302. The highest BCUT2D eigenvalue weighted by Gasteiger charge is 2.20. The van der Waals surface area contributed by atoms with Crippen LogP contribution in [-0.4, -0.2) is 25.9 Å². The van der Waals surface area contributed by atoms with Crippen LogP contribution < -0.4 is 5.32 Å². The van der Waals surface area contributed by atoms with E-state index in [4.69, 9.17) is 4.52 Å². The SMILES string of the molecule is CS(=O)(=O)c1ccc(-c2cc(CNC3CC3)no2)cc1. The Bertz CT molecular complexity index is 700. The number of hydrogen-bond donors (Lipinski definition) is 1. The van der Waals surface area contributed by atoms with Gasteiger partial charge in [0.2, 0.25) is 0 Å². The van der Waals surface area contributed by atoms with E-state index in [9.17, 15) is 8.42 Å². The van der Waals surface area contributed by atoms with Crippen LogP contribution in [0.5, 0.6) is 0 Å². The summed E-state index contributed by atoms with van der Waals surface area (Å²) >= 11 is 0. The quantitative estimate of drug-likeness (QED) is 0.912. The van der Waals surface area contributed by atoms with E-state index in [2.05, 4.69) is 10.5 Å². The first kappa shape index (κ1) is 13.3. The van der Waals surface area contributed by atoms with Crippen LogP contribution in [0.4, 0.5) is 0 Å². The molecule has 1 aromatic heterocycles. The summed E-state index contributed by atoms with van der Waals surface area (Å²) in [6.07, 6.45) is 3.66. The standard InChI is InChI=1S/C14H16N2O3S/c1-20(17,18)13-6-2-10(3-7-13)14-8-12(16-19-14)9-15-11-4-5-11/h2-3,6-8,11,15H,4-5,9H2,1H3. The predicted molar refractivity (Wildman–Crippen MR) is 74.9 cm³/mol. The fourth-order valence-corrected chi connectivity index (χ4v) is 2.56. The van der Waals surface area contributed by atoms with Crippen LogP contribution in [-0.2, 0) is 16.4 Å². The third-order valence-corrected chi connectivity index (χ3v) is 4.40. The molecule has 5 nitrogen and oxygen atoms in total. The van der Waals surface area contributed by atoms with Crippen molar-refractivity contribution in [2.24, 2.45) is 0 Å². The molecule has 6 heteroatoms. The lowest BCUT2D eigenvalue weighted by atomic mass is 10.1. The Morgan fingerprint density at radius 2 is 2.00 bits per heavy atom. The largest absolute Gasteiger partial charge is 0.356 e. The first-order chi connectivity index (χ1) is 9.52. The van der Waals surface area contributed by atoms with E-state index in [1.54, 1.807) is 24.3 Å². The molecule has 2 aromatic rings. The first-order valence-electron chi connectivity index (χ1n) is 6.52. The van der Waals surface area contributed by atoms with E-state index in [0.717, 1.165) is 11.3 Å². The van der Waals surface area contributed by atoms with Crippen molar-refractivity contribution in [3.63, 3.8) is 0 Å². The van der Waals surface area contributed by atoms with E-state index in [-0.39, 0.29) is 0 Å². The van der Waals surface area contributed by atoms with Crippen molar-refractivity contribution in [3.8, 4) is 11.3 Å². The second-order valence-corrected chi connectivity index (χ2v) is 7.15. The van der Waals surface area contributed by atoms with Crippen molar-refractivity contribution in [1.82, 2.24) is 10.5 Å². The molecule has 0 radical (unpaired) electrons. The Morgan fingerprint density at radius 3 is 2.60 bits per heavy atom. The Balaban J connectivity index is 1.75. The molecular formula is C14H16N2O3S. The Hall–Kier alpha value is -1.66. The maximum absolute atomic E-state index is 11.4. The van der Waals surface area contributed by atoms with Crippen LogP contribution in [0.25, 0.3) is 11.3 Å². The molecule has 0 unspecified atom stereocenters. The van der Waals surface area contributed by atoms with Gasteiger partial charge in [-0.15, -0.1) is 0 Å². The minimum atomic E-state index is -3.16. The lowest BCUT2D eigenvalue weighted by molar-refractivity contribution is 0.420. The number of hydrogen-bond acceptors (Lipinski definition) is 5. The van der Waals surface area contributed by atoms with Crippen LogP contribution in [0, 0.1) is 0 Å². The van der Waals surface area contributed by atoms with Crippen molar-refractivity contribution in [3.05, 3.63) is 36.0 Å². The topological polar surface area (TPSA) is 72.2 Å². The summed E-state index contributed by atoms with van der Waals surface area (Å²) in [5.74, 6) is 0.651. The molecule has 0 amide bonds. The molecule has 1 aliphatic rings. The molecule has 0 aliphatic heterocycles. The highest BCUT2D eigenvalue weighted by Crippen LogP contribution is 2.23. The van der Waals surface area contributed by atoms with Gasteiger partial charge in [-0.2, -0.15) is 0 Å². The molecule has 1 heterocycles. The van der Waals surface area contributed by atoms with Gasteiger partial charge in [0, 0.05) is 30.5 Å². The molecule has 0 atom stereocenters. The van der Waals surface area contributed by atoms with Gasteiger partial charge in [0.25, 0.3) is 0 Å². The molecule has 0 saturated heterocycles. The minimum Gasteiger partial charge on any atom is -0.356 e. The Morgan fingerprint density at radius 1 is 1.30 bits per heavy atom. The maximum Gasteiger partial charge on any atom is 0.175 e. The summed E-state index contributed by atoms with van der Waals surface area (Å²) in [5.41, 5.74) is 1.68. The van der Waals surface area contributed by atoms with Gasteiger partial charge < -0.3 is 9.84 Å². The van der Waals surface area contributed by atoms with E-state index in [1.165, 1.54) is 19.1 Å². The average molecular weight is 292 g/mol. The smallest absolute Gasteiger partial charge is 0.175 e. The van der Waals surface area contributed by atoms with Crippen molar-refractivity contribution in [2.45, 2.75) is 30.3 Å². The third kappa shape index (κ3) is 3.08. The molecule has 3 rings (SSSR count). The van der Waals surface area contributed by atoms with Crippen molar-refractivity contribution >= 4 is 9.84 Å². The Labute approximate surface area is 117 Å². The van der Waals surface area contributed by atoms with Crippen LogP contribution in [0.2, 0.25) is 0 Å². The molecule has 20 heavy (non-hydrogen) atoms. The van der Waals surface area contributed by atoms with Gasteiger partial charge in [0.05, 0.1) is 10.6 Å². The number of rotatable bonds is 5. The normalized spacial score (nSPS) is 15.4. The summed E-state index contributed by atoms with van der Waals surface area (Å²) < 4.78 is 28.1. The van der Waals surface area contributed by atoms with Crippen LogP contribution in [0.15, 0.2) is 39.8 Å². The fourth-order valence-electron chi connectivity index (χ4n) is 1.93. The van der Waals surface area contributed by atoms with Crippen LogP contribution >= 0.6 is 0 Å². The number of nitrogens with one attached hydrogen (secondary N) is 1. The van der Waals surface area contributed by atoms with Gasteiger partial charge in [0.15, 0.2) is 15.6 Å². The van der Waals surface area contributed by atoms with Gasteiger partial charge in [-0.3, -0.25) is 0 Å². The molecule has 0 bridgehead atoms. The van der Waals surface area contributed by atoms with Crippen molar-refractivity contribution < 1.29 is 12.9 Å². The van der Waals surface area contributed by atoms with E-state index in [1.807, 2.05) is 6.07 Å². The highest BCUT2D eigenvalue weighted by atomic mass is 32.2. The molecule has 0 spiro atoms. The summed E-state index contributed by atoms with van der Waals surface area (Å²) in [6.45, 7) is 0.704. The van der Waals surface area contributed by atoms with E-state index >= 15 is 0 Å². The molecule has 1 fully saturated rings. The second-order valence-electron chi connectivity index (χ2n) is 5.13. The predicted octanol–water partition coefficient (Wildman–Crippen LogP) is 2.00. The van der Waals surface area contributed by atoms with Crippen LogP contribution in [0.3, 0.4) is 0 Å². The van der Waals surface area contributed by atoms with Crippen molar-refractivity contribution in [1.29, 1.82) is 0 Å². The third-order valence-electron chi connectivity index (χ3n) is 3.28. The lowest BCUT2D eigenvalue weighted by Gasteiger charge is -1.99. The lowest BCUT2D eigenvalue weighted by Crippen LogP contribution is -2.15. The summed E-state index contributed by atoms with van der Waals surface area (Å²) in [7, 11) is -3.16. The zero-order valence-corrected chi connectivity index (χ0v) is 12.0. The van der Waals surface area contributed by atoms with Crippen LogP contribution in [0.1, 0.15) is 18.5 Å². The molecule has 1 aliphatic carbocycles. The first-order valence-corrected chi connectivity index (χ1v) is 8.41. The van der Waals surface area contributed by atoms with E-state index in [0.29, 0.717) is 23.2 Å². The van der Waals surface area contributed by atoms with Gasteiger partial charge in [-0.1, -0.05) is 5.16 Å². The highest BCUT2D eigenvalue weighted by molar-refractivity contribution is 7.90. The zero-order valence-electron chi connectivity index (χ0n) is 11.2. The molecule has 106 valence electrons. The van der Waals surface area contributed by atoms with Gasteiger partial charge in [0.1, 0.15) is 0 Å². The number of aromatic nitrogens is 1. The zero-order chi connectivity index (χ0) is 14.2. The summed E-state index contributed by atoms with van der Waals surface area (Å²) in [4.78, 5) is 0.302. The molecule has 1 N–H and O–H groups in total. The number of sulfone groups is 1. The molecular weight excluding hydrogens is 276 g/mol. The van der Waals surface area contributed by atoms with Gasteiger partial charge >= 0.3 is 0 Å². The van der Waals surface area contributed by atoms with Gasteiger partial charge in [-0.25, -0.2) is 8.42 Å². The molecule has 1 aromatic carbocycles. The van der Waals surface area contributed by atoms with E-state index < -0.39 is 9.84 Å². The summed E-state index contributed by atoms with van der Waals surface area (Å²) in [5, 5.41) is 7.37. The monoisotopic (exact) mass is 292 g/mol. The van der Waals surface area contributed by atoms with Gasteiger partial charge in [-0.05, 0) is 37.1 Å². The van der Waals surface area contributed by atoms with Crippen molar-refractivity contribution in [2.75, 3.05) is 6.26 Å². The maximum atomic E-state index is 11.4. The molecule has 1 saturated carbocycles. The Kier molecular flexibility index (Phi) is 3.35. The fraction of sp³-hybridized carbons (Fsp3) is 0.357. The average Bonchev–Trinajstić information content (AvgIpc) is 3.13. The summed E-state index contributed by atoms with van der Waals surface area (Å²) in [6, 6.07) is 9.13. The second kappa shape index (κ2) is 5.03.